The van der Waals surface area contributed by atoms with Gasteiger partial charge in [-0.1, -0.05) is 72.4 Å². The molecule has 4 nitrogen and oxygen atoms in total. The van der Waals surface area contributed by atoms with Crippen LogP contribution in [0.1, 0.15) is 22.5 Å². The normalized spacial score (nSPS) is 10.6. The molecule has 2 aromatic carbocycles. The summed E-state index contributed by atoms with van der Waals surface area (Å²) in [7, 11) is 0. The summed E-state index contributed by atoms with van der Waals surface area (Å²) in [4.78, 5) is 23.7. The molecule has 0 N–H and O–H groups in total. The molecule has 1 amide bonds. The summed E-state index contributed by atoms with van der Waals surface area (Å²) in [6.45, 7) is 5.06. The molecular formula is C22H23N3OS. The van der Waals surface area contributed by atoms with Crippen molar-refractivity contribution in [2.24, 2.45) is 0 Å². The van der Waals surface area contributed by atoms with Gasteiger partial charge in [0.25, 0.3) is 0 Å². The van der Waals surface area contributed by atoms with Gasteiger partial charge < -0.3 is 4.90 Å². The van der Waals surface area contributed by atoms with Crippen LogP contribution in [0.2, 0.25) is 0 Å². The second-order valence-electron chi connectivity index (χ2n) is 6.44. The van der Waals surface area contributed by atoms with E-state index in [9.17, 15) is 4.79 Å². The number of amides is 1. The minimum Gasteiger partial charge on any atom is -0.333 e. The van der Waals surface area contributed by atoms with Gasteiger partial charge in [-0.15, -0.1) is 0 Å². The van der Waals surface area contributed by atoms with Crippen molar-refractivity contribution >= 4 is 17.7 Å². The molecule has 0 atom stereocenters. The van der Waals surface area contributed by atoms with E-state index in [1.807, 2.05) is 85.5 Å². The topological polar surface area (TPSA) is 46.1 Å². The number of aromatic nitrogens is 2. The van der Waals surface area contributed by atoms with Crippen LogP contribution >= 0.6 is 11.8 Å². The Morgan fingerprint density at radius 2 is 1.33 bits per heavy atom. The molecule has 138 valence electrons. The highest BCUT2D eigenvalue weighted by Gasteiger charge is 2.16. The zero-order valence-corrected chi connectivity index (χ0v) is 16.4. The second kappa shape index (κ2) is 9.33. The lowest BCUT2D eigenvalue weighted by molar-refractivity contribution is -0.129. The molecule has 27 heavy (non-hydrogen) atoms. The molecule has 0 spiro atoms. The van der Waals surface area contributed by atoms with E-state index in [-0.39, 0.29) is 5.91 Å². The fourth-order valence-electron chi connectivity index (χ4n) is 2.82. The van der Waals surface area contributed by atoms with E-state index in [4.69, 9.17) is 0 Å². The van der Waals surface area contributed by atoms with Crippen LogP contribution in [0.4, 0.5) is 0 Å². The summed E-state index contributed by atoms with van der Waals surface area (Å²) < 4.78 is 0. The number of nitrogens with zero attached hydrogens (tertiary/aromatic N) is 3. The summed E-state index contributed by atoms with van der Waals surface area (Å²) in [5.74, 6) is 0.401. The second-order valence-corrected chi connectivity index (χ2v) is 7.39. The molecular weight excluding hydrogens is 354 g/mol. The smallest absolute Gasteiger partial charge is 0.233 e. The molecule has 0 aliphatic heterocycles. The first-order valence-corrected chi connectivity index (χ1v) is 9.89. The van der Waals surface area contributed by atoms with Gasteiger partial charge in [-0.25, -0.2) is 9.97 Å². The number of benzene rings is 2. The third-order valence-electron chi connectivity index (χ3n) is 4.07. The summed E-state index contributed by atoms with van der Waals surface area (Å²) in [6, 6.07) is 22.1. The van der Waals surface area contributed by atoms with Gasteiger partial charge in [0.2, 0.25) is 5.91 Å². The highest BCUT2D eigenvalue weighted by molar-refractivity contribution is 7.99. The van der Waals surface area contributed by atoms with E-state index in [2.05, 4.69) is 9.97 Å². The summed E-state index contributed by atoms with van der Waals surface area (Å²) >= 11 is 1.39. The highest BCUT2D eigenvalue weighted by Crippen LogP contribution is 2.17. The van der Waals surface area contributed by atoms with Gasteiger partial charge >= 0.3 is 0 Å². The average molecular weight is 378 g/mol. The van der Waals surface area contributed by atoms with Crippen LogP contribution in [0.3, 0.4) is 0 Å². The van der Waals surface area contributed by atoms with Crippen LogP contribution in [0.5, 0.6) is 0 Å². The Balaban J connectivity index is 1.71. The number of thioether (sulfide) groups is 1. The number of carbonyl (C=O) groups excluding carboxylic acids is 1. The first kappa shape index (κ1) is 19.1. The Bertz CT molecular complexity index is 823. The molecule has 1 aromatic heterocycles. The maximum absolute atomic E-state index is 12.9. The standard InChI is InChI=1S/C22H23N3OS/c1-17-13-18(2)24-22(23-17)27-16-21(26)25(14-19-9-5-3-6-10-19)15-20-11-7-4-8-12-20/h3-13H,14-16H2,1-2H3. The molecule has 0 unspecified atom stereocenters. The van der Waals surface area contributed by atoms with Gasteiger partial charge in [-0.3, -0.25) is 4.79 Å². The Kier molecular flexibility index (Phi) is 6.60. The van der Waals surface area contributed by atoms with Crippen LogP contribution in [0.25, 0.3) is 0 Å². The molecule has 3 aromatic rings. The van der Waals surface area contributed by atoms with E-state index >= 15 is 0 Å². The molecule has 0 aliphatic carbocycles. The van der Waals surface area contributed by atoms with Crippen molar-refractivity contribution in [3.63, 3.8) is 0 Å². The zero-order chi connectivity index (χ0) is 19.1. The van der Waals surface area contributed by atoms with E-state index in [1.54, 1.807) is 0 Å². The van der Waals surface area contributed by atoms with Crippen molar-refractivity contribution in [1.29, 1.82) is 0 Å². The van der Waals surface area contributed by atoms with Crippen LogP contribution in [0, 0.1) is 13.8 Å². The third kappa shape index (κ3) is 5.93. The number of carbonyl (C=O) groups is 1. The number of hydrogen-bond acceptors (Lipinski definition) is 4. The van der Waals surface area contributed by atoms with Crippen molar-refractivity contribution in [1.82, 2.24) is 14.9 Å². The lowest BCUT2D eigenvalue weighted by atomic mass is 10.1. The van der Waals surface area contributed by atoms with E-state index in [1.165, 1.54) is 11.8 Å². The van der Waals surface area contributed by atoms with E-state index < -0.39 is 0 Å². The molecule has 0 bridgehead atoms. The van der Waals surface area contributed by atoms with Gasteiger partial charge in [0, 0.05) is 24.5 Å². The number of rotatable bonds is 7. The maximum Gasteiger partial charge on any atom is 0.233 e. The van der Waals surface area contributed by atoms with Crippen LogP contribution < -0.4 is 0 Å². The molecule has 5 heteroatoms. The largest absolute Gasteiger partial charge is 0.333 e. The monoisotopic (exact) mass is 377 g/mol. The number of aryl methyl sites for hydroxylation is 2. The van der Waals surface area contributed by atoms with Crippen molar-refractivity contribution in [2.75, 3.05) is 5.75 Å². The van der Waals surface area contributed by atoms with E-state index in [0.717, 1.165) is 22.5 Å². The highest BCUT2D eigenvalue weighted by atomic mass is 32.2. The van der Waals surface area contributed by atoms with Crippen molar-refractivity contribution in [2.45, 2.75) is 32.1 Å². The fraction of sp³-hybridized carbons (Fsp3) is 0.227. The molecule has 0 radical (unpaired) electrons. The molecule has 0 saturated carbocycles. The first-order chi connectivity index (χ1) is 13.1. The maximum atomic E-state index is 12.9. The minimum atomic E-state index is 0.0791. The van der Waals surface area contributed by atoms with Crippen LogP contribution in [-0.4, -0.2) is 26.5 Å². The fourth-order valence-corrected chi connectivity index (χ4v) is 3.67. The quantitative estimate of drug-likeness (QED) is 0.452. The van der Waals surface area contributed by atoms with Gasteiger partial charge in [0.15, 0.2) is 5.16 Å². The summed E-state index contributed by atoms with van der Waals surface area (Å²) in [5.41, 5.74) is 4.08. The van der Waals surface area contributed by atoms with Gasteiger partial charge in [-0.05, 0) is 31.0 Å². The lowest BCUT2D eigenvalue weighted by Gasteiger charge is -2.23. The van der Waals surface area contributed by atoms with Crippen LogP contribution in [-0.2, 0) is 17.9 Å². The average Bonchev–Trinajstić information content (AvgIpc) is 2.66. The predicted octanol–water partition coefficient (Wildman–Crippen LogP) is 4.41. The molecule has 3 rings (SSSR count). The summed E-state index contributed by atoms with van der Waals surface area (Å²) in [6.07, 6.45) is 0. The lowest BCUT2D eigenvalue weighted by Crippen LogP contribution is -2.31. The minimum absolute atomic E-state index is 0.0791. The predicted molar refractivity (Wildman–Crippen MR) is 109 cm³/mol. The third-order valence-corrected chi connectivity index (χ3v) is 4.90. The molecule has 1 heterocycles. The molecule has 0 fully saturated rings. The van der Waals surface area contributed by atoms with Crippen molar-refractivity contribution in [3.05, 3.63) is 89.2 Å². The Hall–Kier alpha value is -2.66. The van der Waals surface area contributed by atoms with Gasteiger partial charge in [0.1, 0.15) is 0 Å². The molecule has 0 saturated heterocycles. The number of hydrogen-bond donors (Lipinski definition) is 0. The Labute approximate surface area is 164 Å². The van der Waals surface area contributed by atoms with Crippen LogP contribution in [0.15, 0.2) is 71.9 Å². The Morgan fingerprint density at radius 1 is 0.852 bits per heavy atom. The van der Waals surface area contributed by atoms with Gasteiger partial charge in [-0.2, -0.15) is 0 Å². The first-order valence-electron chi connectivity index (χ1n) is 8.91. The van der Waals surface area contributed by atoms with Crippen molar-refractivity contribution < 1.29 is 4.79 Å². The SMILES string of the molecule is Cc1cc(C)nc(SCC(=O)N(Cc2ccccc2)Cc2ccccc2)n1. The Morgan fingerprint density at radius 3 is 1.81 bits per heavy atom. The summed E-state index contributed by atoms with van der Waals surface area (Å²) in [5, 5.41) is 0.653. The van der Waals surface area contributed by atoms with Crippen molar-refractivity contribution in [3.8, 4) is 0 Å². The zero-order valence-electron chi connectivity index (χ0n) is 15.6. The van der Waals surface area contributed by atoms with Gasteiger partial charge in [0.05, 0.1) is 5.75 Å². The molecule has 0 aliphatic rings. The van der Waals surface area contributed by atoms with E-state index in [0.29, 0.717) is 24.0 Å².